The normalized spacial score (nSPS) is 11.0. The maximum atomic E-state index is 5.93. The van der Waals surface area contributed by atoms with E-state index in [0.29, 0.717) is 5.82 Å². The van der Waals surface area contributed by atoms with E-state index in [9.17, 15) is 0 Å². The highest BCUT2D eigenvalue weighted by molar-refractivity contribution is 9.10. The van der Waals surface area contributed by atoms with Gasteiger partial charge in [-0.1, -0.05) is 28.1 Å². The Morgan fingerprint density at radius 2 is 1.89 bits per heavy atom. The van der Waals surface area contributed by atoms with Gasteiger partial charge in [-0.25, -0.2) is 9.97 Å². The van der Waals surface area contributed by atoms with Crippen LogP contribution in [-0.2, 0) is 0 Å². The van der Waals surface area contributed by atoms with Crippen LogP contribution < -0.4 is 5.73 Å². The van der Waals surface area contributed by atoms with Gasteiger partial charge in [-0.2, -0.15) is 0 Å². The number of hydrogen-bond acceptors (Lipinski definition) is 4. The summed E-state index contributed by atoms with van der Waals surface area (Å²) in [5.41, 5.74) is 8.06. The number of nitrogens with two attached hydrogens (primary N) is 1. The van der Waals surface area contributed by atoms with Gasteiger partial charge in [0.25, 0.3) is 0 Å². The SMILES string of the molecule is Nc1nc(Cl)nc2scc(-c3ccc(Br)cc3)c12. The molecule has 0 saturated heterocycles. The summed E-state index contributed by atoms with van der Waals surface area (Å²) in [7, 11) is 0. The molecule has 0 aliphatic rings. The van der Waals surface area contributed by atoms with Crippen LogP contribution in [0.15, 0.2) is 34.1 Å². The number of nitrogens with zero attached hydrogens (tertiary/aromatic N) is 2. The molecule has 0 aliphatic carbocycles. The maximum absolute atomic E-state index is 5.93. The Balaban J connectivity index is 2.27. The number of anilines is 1. The van der Waals surface area contributed by atoms with Crippen LogP contribution in [0, 0.1) is 0 Å². The van der Waals surface area contributed by atoms with Crippen molar-refractivity contribution in [3.8, 4) is 11.1 Å². The molecule has 3 rings (SSSR count). The summed E-state index contributed by atoms with van der Waals surface area (Å²) in [6.07, 6.45) is 0. The van der Waals surface area contributed by atoms with Crippen molar-refractivity contribution in [2.24, 2.45) is 0 Å². The first-order valence-electron chi connectivity index (χ1n) is 5.11. The van der Waals surface area contributed by atoms with Crippen molar-refractivity contribution in [2.45, 2.75) is 0 Å². The van der Waals surface area contributed by atoms with E-state index in [0.717, 1.165) is 25.8 Å². The molecule has 0 unspecified atom stereocenters. The highest BCUT2D eigenvalue weighted by Gasteiger charge is 2.12. The van der Waals surface area contributed by atoms with Crippen LogP contribution >= 0.6 is 38.9 Å². The van der Waals surface area contributed by atoms with Crippen LogP contribution in [-0.4, -0.2) is 9.97 Å². The highest BCUT2D eigenvalue weighted by atomic mass is 79.9. The third kappa shape index (κ3) is 1.98. The van der Waals surface area contributed by atoms with Crippen molar-refractivity contribution in [2.75, 3.05) is 5.73 Å². The van der Waals surface area contributed by atoms with Gasteiger partial charge in [0.2, 0.25) is 5.28 Å². The number of thiophene rings is 1. The molecule has 0 fully saturated rings. The Hall–Kier alpha value is -1.17. The van der Waals surface area contributed by atoms with Gasteiger partial charge in [0.1, 0.15) is 10.6 Å². The van der Waals surface area contributed by atoms with Crippen molar-refractivity contribution in [3.05, 3.63) is 39.4 Å². The minimum absolute atomic E-state index is 0.184. The summed E-state index contributed by atoms with van der Waals surface area (Å²) >= 11 is 10.7. The third-order valence-electron chi connectivity index (χ3n) is 2.59. The van der Waals surface area contributed by atoms with Crippen LogP contribution in [0.3, 0.4) is 0 Å². The lowest BCUT2D eigenvalue weighted by Gasteiger charge is -2.02. The number of rotatable bonds is 1. The Bertz CT molecular complexity index is 724. The minimum Gasteiger partial charge on any atom is -0.383 e. The number of aromatic nitrogens is 2. The molecule has 1 aromatic carbocycles. The molecule has 2 aromatic heterocycles. The Labute approximate surface area is 121 Å². The van der Waals surface area contributed by atoms with Gasteiger partial charge in [0.15, 0.2) is 0 Å². The van der Waals surface area contributed by atoms with E-state index in [1.165, 1.54) is 11.3 Å². The molecule has 2 heterocycles. The number of benzene rings is 1. The van der Waals surface area contributed by atoms with Crippen LogP contribution in [0.1, 0.15) is 0 Å². The summed E-state index contributed by atoms with van der Waals surface area (Å²) in [6.45, 7) is 0. The van der Waals surface area contributed by atoms with Gasteiger partial charge in [-0.05, 0) is 29.3 Å². The Kier molecular flexibility index (Phi) is 2.97. The zero-order valence-electron chi connectivity index (χ0n) is 9.02. The lowest BCUT2D eigenvalue weighted by Crippen LogP contribution is -1.93. The monoisotopic (exact) mass is 339 g/mol. The second-order valence-corrected chi connectivity index (χ2v) is 5.83. The molecular formula is C12H7BrClN3S. The number of hydrogen-bond donors (Lipinski definition) is 1. The van der Waals surface area contributed by atoms with Crippen LogP contribution in [0.2, 0.25) is 5.28 Å². The molecule has 0 aliphatic heterocycles. The Morgan fingerprint density at radius 3 is 2.61 bits per heavy atom. The predicted octanol–water partition coefficient (Wildman–Crippen LogP) is 4.36. The molecule has 0 radical (unpaired) electrons. The van der Waals surface area contributed by atoms with E-state index in [-0.39, 0.29) is 5.28 Å². The van der Waals surface area contributed by atoms with Crippen molar-refractivity contribution in [1.29, 1.82) is 0 Å². The lowest BCUT2D eigenvalue weighted by atomic mass is 10.1. The highest BCUT2D eigenvalue weighted by Crippen LogP contribution is 2.36. The number of fused-ring (bicyclic) bond motifs is 1. The molecule has 90 valence electrons. The second kappa shape index (κ2) is 4.50. The van der Waals surface area contributed by atoms with Crippen LogP contribution in [0.4, 0.5) is 5.82 Å². The number of nitrogen functional groups attached to an aromatic ring is 1. The first-order chi connectivity index (χ1) is 8.65. The van der Waals surface area contributed by atoms with E-state index in [1.807, 2.05) is 29.6 Å². The summed E-state index contributed by atoms with van der Waals surface area (Å²) in [5, 5.41) is 3.07. The van der Waals surface area contributed by atoms with Crippen molar-refractivity contribution < 1.29 is 0 Å². The largest absolute Gasteiger partial charge is 0.383 e. The molecule has 0 amide bonds. The molecule has 2 N–H and O–H groups in total. The van der Waals surface area contributed by atoms with Gasteiger partial charge in [-0.15, -0.1) is 11.3 Å². The molecule has 3 nitrogen and oxygen atoms in total. The fourth-order valence-electron chi connectivity index (χ4n) is 1.78. The molecular weight excluding hydrogens is 334 g/mol. The fourth-order valence-corrected chi connectivity index (χ4v) is 3.23. The first-order valence-corrected chi connectivity index (χ1v) is 7.16. The summed E-state index contributed by atoms with van der Waals surface area (Å²) in [4.78, 5) is 9.00. The zero-order chi connectivity index (χ0) is 12.7. The van der Waals surface area contributed by atoms with Gasteiger partial charge >= 0.3 is 0 Å². The van der Waals surface area contributed by atoms with Gasteiger partial charge < -0.3 is 5.73 Å². The lowest BCUT2D eigenvalue weighted by molar-refractivity contribution is 1.24. The molecule has 3 aromatic rings. The van der Waals surface area contributed by atoms with Gasteiger partial charge in [0, 0.05) is 15.4 Å². The van der Waals surface area contributed by atoms with E-state index in [1.54, 1.807) is 0 Å². The van der Waals surface area contributed by atoms with Crippen LogP contribution in [0.5, 0.6) is 0 Å². The van der Waals surface area contributed by atoms with Gasteiger partial charge in [0.05, 0.1) is 5.39 Å². The smallest absolute Gasteiger partial charge is 0.225 e. The summed E-state index contributed by atoms with van der Waals surface area (Å²) in [6, 6.07) is 8.04. The molecule has 18 heavy (non-hydrogen) atoms. The molecule has 0 atom stereocenters. The fraction of sp³-hybridized carbons (Fsp3) is 0. The predicted molar refractivity (Wildman–Crippen MR) is 80.0 cm³/mol. The van der Waals surface area contributed by atoms with Crippen molar-refractivity contribution in [3.63, 3.8) is 0 Å². The second-order valence-electron chi connectivity index (χ2n) is 3.71. The maximum Gasteiger partial charge on any atom is 0.225 e. The third-order valence-corrected chi connectivity index (χ3v) is 4.16. The minimum atomic E-state index is 0.184. The molecule has 0 spiro atoms. The van der Waals surface area contributed by atoms with E-state index < -0.39 is 0 Å². The van der Waals surface area contributed by atoms with E-state index >= 15 is 0 Å². The average Bonchev–Trinajstić information content (AvgIpc) is 2.74. The topological polar surface area (TPSA) is 51.8 Å². The average molecular weight is 341 g/mol. The molecule has 0 saturated carbocycles. The quantitative estimate of drug-likeness (QED) is 0.670. The van der Waals surface area contributed by atoms with Crippen molar-refractivity contribution >= 4 is 54.9 Å². The van der Waals surface area contributed by atoms with Crippen LogP contribution in [0.25, 0.3) is 21.3 Å². The molecule has 0 bridgehead atoms. The Morgan fingerprint density at radius 1 is 1.17 bits per heavy atom. The van der Waals surface area contributed by atoms with E-state index in [2.05, 4.69) is 25.9 Å². The summed E-state index contributed by atoms with van der Waals surface area (Å²) in [5.74, 6) is 0.421. The first kappa shape index (κ1) is 11.9. The van der Waals surface area contributed by atoms with Crippen molar-refractivity contribution in [1.82, 2.24) is 9.97 Å². The zero-order valence-corrected chi connectivity index (χ0v) is 12.2. The summed E-state index contributed by atoms with van der Waals surface area (Å²) < 4.78 is 1.04. The van der Waals surface area contributed by atoms with E-state index in [4.69, 9.17) is 17.3 Å². The standard InChI is InChI=1S/C12H7BrClN3S/c13-7-3-1-6(2-4-7)8-5-18-11-9(8)10(15)16-12(14)17-11/h1-5H,(H2,15,16,17). The van der Waals surface area contributed by atoms with Gasteiger partial charge in [-0.3, -0.25) is 0 Å². The molecule has 6 heteroatoms. The number of halogens is 2.